The van der Waals surface area contributed by atoms with E-state index in [4.69, 9.17) is 4.42 Å². The quantitative estimate of drug-likeness (QED) is 0.927. The molecule has 1 unspecified atom stereocenters. The highest BCUT2D eigenvalue weighted by atomic mass is 16.3. The van der Waals surface area contributed by atoms with Gasteiger partial charge in [-0.2, -0.15) is 0 Å². The Labute approximate surface area is 121 Å². The van der Waals surface area contributed by atoms with E-state index in [1.54, 1.807) is 41.6 Å². The summed E-state index contributed by atoms with van der Waals surface area (Å²) in [6.07, 6.45) is 3.40. The van der Waals surface area contributed by atoms with E-state index in [0.717, 1.165) is 0 Å². The van der Waals surface area contributed by atoms with Crippen LogP contribution in [0.4, 0.5) is 5.82 Å². The van der Waals surface area contributed by atoms with Crippen LogP contribution in [0.2, 0.25) is 0 Å². The van der Waals surface area contributed by atoms with E-state index in [-0.39, 0.29) is 24.2 Å². The number of pyridine rings is 1. The van der Waals surface area contributed by atoms with Gasteiger partial charge in [-0.05, 0) is 24.3 Å². The Morgan fingerprint density at radius 1 is 1.38 bits per heavy atom. The number of aromatic nitrogens is 1. The molecule has 1 fully saturated rings. The molecule has 1 atom stereocenters. The Hall–Kier alpha value is -2.63. The second-order valence-electron chi connectivity index (χ2n) is 4.96. The number of furan rings is 1. The van der Waals surface area contributed by atoms with Gasteiger partial charge in [-0.3, -0.25) is 9.59 Å². The predicted molar refractivity (Wildman–Crippen MR) is 75.1 cm³/mol. The molecule has 21 heavy (non-hydrogen) atoms. The van der Waals surface area contributed by atoms with Gasteiger partial charge in [0.25, 0.3) is 0 Å². The third kappa shape index (κ3) is 3.10. The fraction of sp³-hybridized carbons (Fsp3) is 0.267. The number of hydrogen-bond donors (Lipinski definition) is 1. The largest absolute Gasteiger partial charge is 0.467 e. The molecule has 2 aromatic rings. The first-order valence-corrected chi connectivity index (χ1v) is 6.74. The van der Waals surface area contributed by atoms with E-state index in [9.17, 15) is 9.59 Å². The second-order valence-corrected chi connectivity index (χ2v) is 4.96. The van der Waals surface area contributed by atoms with Crippen molar-refractivity contribution in [2.24, 2.45) is 5.92 Å². The van der Waals surface area contributed by atoms with Gasteiger partial charge in [0.1, 0.15) is 11.6 Å². The first kappa shape index (κ1) is 13.4. The third-order valence-electron chi connectivity index (χ3n) is 3.43. The van der Waals surface area contributed by atoms with E-state index in [2.05, 4.69) is 10.3 Å². The molecular formula is C15H15N3O3. The van der Waals surface area contributed by atoms with Crippen molar-refractivity contribution < 1.29 is 14.0 Å². The molecule has 0 aromatic carbocycles. The van der Waals surface area contributed by atoms with E-state index in [1.807, 2.05) is 6.07 Å². The molecule has 1 N–H and O–H groups in total. The van der Waals surface area contributed by atoms with E-state index in [0.29, 0.717) is 24.7 Å². The van der Waals surface area contributed by atoms with Crippen LogP contribution in [0, 0.1) is 5.92 Å². The Kier molecular flexibility index (Phi) is 3.68. The van der Waals surface area contributed by atoms with Crippen molar-refractivity contribution in [3.05, 3.63) is 48.6 Å². The SMILES string of the molecule is O=C(Nc1ccccn1)C1CC(=O)N(Cc2ccco2)C1. The Balaban J connectivity index is 1.60. The minimum Gasteiger partial charge on any atom is -0.467 e. The number of hydrogen-bond acceptors (Lipinski definition) is 4. The average molecular weight is 285 g/mol. The van der Waals surface area contributed by atoms with Crippen LogP contribution in [0.3, 0.4) is 0 Å². The summed E-state index contributed by atoms with van der Waals surface area (Å²) in [5.74, 6) is 0.652. The molecule has 0 bridgehead atoms. The van der Waals surface area contributed by atoms with Gasteiger partial charge < -0.3 is 14.6 Å². The van der Waals surface area contributed by atoms with Gasteiger partial charge in [-0.25, -0.2) is 4.98 Å². The first-order chi connectivity index (χ1) is 10.2. The maximum atomic E-state index is 12.2. The molecular weight excluding hydrogens is 270 g/mol. The molecule has 3 heterocycles. The normalized spacial score (nSPS) is 18.0. The Bertz CT molecular complexity index is 625. The maximum absolute atomic E-state index is 12.2. The molecule has 108 valence electrons. The molecule has 0 spiro atoms. The number of nitrogens with zero attached hydrogens (tertiary/aromatic N) is 2. The maximum Gasteiger partial charge on any atom is 0.230 e. The second kappa shape index (κ2) is 5.78. The number of anilines is 1. The Morgan fingerprint density at radius 3 is 3.00 bits per heavy atom. The lowest BCUT2D eigenvalue weighted by Gasteiger charge is -2.14. The van der Waals surface area contributed by atoms with Crippen molar-refractivity contribution in [1.82, 2.24) is 9.88 Å². The molecule has 1 saturated heterocycles. The van der Waals surface area contributed by atoms with Gasteiger partial charge in [-0.1, -0.05) is 6.07 Å². The minimum atomic E-state index is -0.352. The van der Waals surface area contributed by atoms with Crippen molar-refractivity contribution >= 4 is 17.6 Å². The van der Waals surface area contributed by atoms with Gasteiger partial charge in [-0.15, -0.1) is 0 Å². The van der Waals surface area contributed by atoms with Crippen molar-refractivity contribution in [3.63, 3.8) is 0 Å². The van der Waals surface area contributed by atoms with Crippen LogP contribution in [0.1, 0.15) is 12.2 Å². The van der Waals surface area contributed by atoms with Crippen LogP contribution in [-0.2, 0) is 16.1 Å². The number of rotatable bonds is 4. The van der Waals surface area contributed by atoms with Gasteiger partial charge in [0.15, 0.2) is 0 Å². The van der Waals surface area contributed by atoms with E-state index in [1.165, 1.54) is 0 Å². The topological polar surface area (TPSA) is 75.4 Å². The van der Waals surface area contributed by atoms with Crippen LogP contribution in [0.5, 0.6) is 0 Å². The van der Waals surface area contributed by atoms with Crippen molar-refractivity contribution in [3.8, 4) is 0 Å². The lowest BCUT2D eigenvalue weighted by Crippen LogP contribution is -2.28. The summed E-state index contributed by atoms with van der Waals surface area (Å²) < 4.78 is 5.23. The third-order valence-corrected chi connectivity index (χ3v) is 3.43. The highest BCUT2D eigenvalue weighted by Gasteiger charge is 2.34. The van der Waals surface area contributed by atoms with Crippen molar-refractivity contribution in [1.29, 1.82) is 0 Å². The fourth-order valence-corrected chi connectivity index (χ4v) is 2.36. The fourth-order valence-electron chi connectivity index (χ4n) is 2.36. The minimum absolute atomic E-state index is 0.0347. The summed E-state index contributed by atoms with van der Waals surface area (Å²) in [5.41, 5.74) is 0. The Morgan fingerprint density at radius 2 is 2.29 bits per heavy atom. The van der Waals surface area contributed by atoms with Gasteiger partial charge in [0, 0.05) is 19.2 Å². The number of carbonyl (C=O) groups excluding carboxylic acids is 2. The van der Waals surface area contributed by atoms with E-state index >= 15 is 0 Å². The molecule has 0 aliphatic carbocycles. The van der Waals surface area contributed by atoms with Crippen LogP contribution in [0.15, 0.2) is 47.2 Å². The molecule has 6 heteroatoms. The first-order valence-electron chi connectivity index (χ1n) is 6.74. The monoisotopic (exact) mass is 285 g/mol. The summed E-state index contributed by atoms with van der Waals surface area (Å²) >= 11 is 0. The molecule has 1 aliphatic rings. The van der Waals surface area contributed by atoms with Crippen molar-refractivity contribution in [2.75, 3.05) is 11.9 Å². The van der Waals surface area contributed by atoms with Crippen LogP contribution < -0.4 is 5.32 Å². The molecule has 3 rings (SSSR count). The molecule has 1 aliphatic heterocycles. The number of amides is 2. The summed E-state index contributed by atoms with van der Waals surface area (Å²) in [6.45, 7) is 0.803. The highest BCUT2D eigenvalue weighted by Crippen LogP contribution is 2.21. The molecule has 6 nitrogen and oxygen atoms in total. The van der Waals surface area contributed by atoms with Crippen LogP contribution >= 0.6 is 0 Å². The summed E-state index contributed by atoms with van der Waals surface area (Å²) in [6, 6.07) is 8.89. The summed E-state index contributed by atoms with van der Waals surface area (Å²) in [4.78, 5) is 29.8. The summed E-state index contributed by atoms with van der Waals surface area (Å²) in [7, 11) is 0. The lowest BCUT2D eigenvalue weighted by molar-refractivity contribution is -0.128. The van der Waals surface area contributed by atoms with Crippen LogP contribution in [-0.4, -0.2) is 28.2 Å². The smallest absolute Gasteiger partial charge is 0.230 e. The van der Waals surface area contributed by atoms with Gasteiger partial charge >= 0.3 is 0 Å². The molecule has 0 saturated carbocycles. The standard InChI is InChI=1S/C15H15N3O3/c19-14-8-11(9-18(14)10-12-4-3-7-21-12)15(20)17-13-5-1-2-6-16-13/h1-7,11H,8-10H2,(H,16,17,20). The van der Waals surface area contributed by atoms with Crippen molar-refractivity contribution in [2.45, 2.75) is 13.0 Å². The number of likely N-dealkylation sites (tertiary alicyclic amines) is 1. The zero-order chi connectivity index (χ0) is 14.7. The average Bonchev–Trinajstić information content (AvgIpc) is 3.11. The molecule has 2 aromatic heterocycles. The van der Waals surface area contributed by atoms with Gasteiger partial charge in [0.05, 0.1) is 18.7 Å². The lowest BCUT2D eigenvalue weighted by atomic mass is 10.1. The van der Waals surface area contributed by atoms with E-state index < -0.39 is 0 Å². The summed E-state index contributed by atoms with van der Waals surface area (Å²) in [5, 5.41) is 2.73. The highest BCUT2D eigenvalue weighted by molar-refractivity contribution is 5.96. The number of carbonyl (C=O) groups is 2. The zero-order valence-electron chi connectivity index (χ0n) is 11.4. The number of nitrogens with one attached hydrogen (secondary N) is 1. The predicted octanol–water partition coefficient (Wildman–Crippen LogP) is 1.66. The zero-order valence-corrected chi connectivity index (χ0v) is 11.4. The molecule has 2 amide bonds. The van der Waals surface area contributed by atoms with Gasteiger partial charge in [0.2, 0.25) is 11.8 Å². The van der Waals surface area contributed by atoms with Crippen LogP contribution in [0.25, 0.3) is 0 Å². The molecule has 0 radical (unpaired) electrons.